The third kappa shape index (κ3) is 1.94. The molecule has 0 bridgehead atoms. The van der Waals surface area contributed by atoms with Gasteiger partial charge < -0.3 is 11.1 Å². The maximum atomic E-state index is 11.1. The average molecular weight is 170 g/mol. The van der Waals surface area contributed by atoms with Gasteiger partial charge in [-0.1, -0.05) is 0 Å². The van der Waals surface area contributed by atoms with Gasteiger partial charge in [-0.15, -0.1) is 11.3 Å². The van der Waals surface area contributed by atoms with Crippen LogP contribution < -0.4 is 11.1 Å². The molecule has 0 aliphatic carbocycles. The molecule has 0 aliphatic rings. The molecule has 0 radical (unpaired) electrons. The Morgan fingerprint density at radius 1 is 1.82 bits per heavy atom. The fourth-order valence-electron chi connectivity index (χ4n) is 0.735. The largest absolute Gasteiger partial charge is 0.391 e. The van der Waals surface area contributed by atoms with Crippen LogP contribution >= 0.6 is 11.3 Å². The zero-order valence-corrected chi connectivity index (χ0v) is 7.07. The number of nitrogens with two attached hydrogens (primary N) is 1. The fraction of sp³-hybridized carbons (Fsp3) is 0.286. The number of hydrogen-bond donors (Lipinski definition) is 2. The Bertz CT molecular complexity index is 257. The van der Waals surface area contributed by atoms with Crippen LogP contribution in [0.5, 0.6) is 0 Å². The molecule has 0 atom stereocenters. The number of anilines is 1. The van der Waals surface area contributed by atoms with Crippen LogP contribution in [0.4, 0.5) is 5.00 Å². The lowest BCUT2D eigenvalue weighted by Gasteiger charge is -1.96. The first-order chi connectivity index (χ1) is 5.24. The molecule has 1 amide bonds. The Hall–Kier alpha value is -1.03. The fourth-order valence-corrected chi connectivity index (χ4v) is 1.37. The summed E-state index contributed by atoms with van der Waals surface area (Å²) < 4.78 is 0. The summed E-state index contributed by atoms with van der Waals surface area (Å²) >= 11 is 1.38. The predicted octanol–water partition coefficient (Wildman–Crippen LogP) is 1.08. The topological polar surface area (TPSA) is 55.1 Å². The smallest absolute Gasteiger partial charge is 0.252 e. The average Bonchev–Trinajstić information content (AvgIpc) is 2.36. The minimum atomic E-state index is -0.0551. The second-order valence-corrected chi connectivity index (χ2v) is 3.04. The van der Waals surface area contributed by atoms with E-state index in [-0.39, 0.29) is 5.91 Å². The van der Waals surface area contributed by atoms with Crippen LogP contribution in [0.1, 0.15) is 17.3 Å². The Balaban J connectivity index is 2.69. The van der Waals surface area contributed by atoms with Crippen LogP contribution in [0.2, 0.25) is 0 Å². The van der Waals surface area contributed by atoms with Crippen LogP contribution in [0.25, 0.3) is 0 Å². The molecule has 1 aromatic rings. The lowest BCUT2D eigenvalue weighted by atomic mass is 10.3. The molecule has 0 aromatic carbocycles. The summed E-state index contributed by atoms with van der Waals surface area (Å²) in [5, 5.41) is 5.11. The first-order valence-corrected chi connectivity index (χ1v) is 4.24. The molecule has 60 valence electrons. The van der Waals surface area contributed by atoms with E-state index in [9.17, 15) is 4.79 Å². The quantitative estimate of drug-likeness (QED) is 0.697. The van der Waals surface area contributed by atoms with Gasteiger partial charge in [-0.05, 0) is 13.0 Å². The van der Waals surface area contributed by atoms with Crippen LogP contribution in [0.3, 0.4) is 0 Å². The number of amides is 1. The van der Waals surface area contributed by atoms with E-state index in [2.05, 4.69) is 5.32 Å². The van der Waals surface area contributed by atoms with E-state index in [1.54, 1.807) is 11.4 Å². The second-order valence-electron chi connectivity index (χ2n) is 2.10. The number of nitrogens with one attached hydrogen (secondary N) is 1. The monoisotopic (exact) mass is 170 g/mol. The Morgan fingerprint density at radius 2 is 2.55 bits per heavy atom. The lowest BCUT2D eigenvalue weighted by molar-refractivity contribution is 0.0956. The minimum Gasteiger partial charge on any atom is -0.391 e. The molecule has 1 heterocycles. The van der Waals surface area contributed by atoms with E-state index in [1.165, 1.54) is 11.3 Å². The van der Waals surface area contributed by atoms with Crippen LogP contribution in [-0.4, -0.2) is 12.5 Å². The third-order valence-corrected chi connectivity index (χ3v) is 1.98. The van der Waals surface area contributed by atoms with Gasteiger partial charge in [0.25, 0.3) is 5.91 Å². The van der Waals surface area contributed by atoms with Crippen molar-refractivity contribution in [1.82, 2.24) is 5.32 Å². The molecular formula is C7H10N2OS. The highest BCUT2D eigenvalue weighted by atomic mass is 32.1. The number of thiophene rings is 1. The molecule has 1 aromatic heterocycles. The van der Waals surface area contributed by atoms with Gasteiger partial charge in [-0.3, -0.25) is 4.79 Å². The van der Waals surface area contributed by atoms with Crippen molar-refractivity contribution < 1.29 is 4.79 Å². The number of nitrogen functional groups attached to an aromatic ring is 1. The molecule has 3 N–H and O–H groups in total. The molecular weight excluding hydrogens is 160 g/mol. The van der Waals surface area contributed by atoms with E-state index in [0.717, 1.165) is 0 Å². The Morgan fingerprint density at radius 3 is 3.00 bits per heavy atom. The van der Waals surface area contributed by atoms with Crippen molar-refractivity contribution in [3.63, 3.8) is 0 Å². The van der Waals surface area contributed by atoms with Gasteiger partial charge in [0.1, 0.15) is 0 Å². The van der Waals surface area contributed by atoms with Crippen molar-refractivity contribution >= 4 is 22.2 Å². The molecule has 0 spiro atoms. The Labute approximate surface area is 69.2 Å². The number of carbonyl (C=O) groups excluding carboxylic acids is 1. The molecule has 3 nitrogen and oxygen atoms in total. The van der Waals surface area contributed by atoms with E-state index >= 15 is 0 Å². The van der Waals surface area contributed by atoms with Crippen molar-refractivity contribution in [3.05, 3.63) is 17.0 Å². The summed E-state index contributed by atoms with van der Waals surface area (Å²) in [6.45, 7) is 2.53. The van der Waals surface area contributed by atoms with Crippen LogP contribution in [0.15, 0.2) is 11.4 Å². The standard InChI is InChI=1S/C7H10N2OS/c1-2-9-7(10)5-3-6(8)11-4-5/h3-4H,2,8H2,1H3,(H,9,10). The van der Waals surface area contributed by atoms with Gasteiger partial charge in [0, 0.05) is 11.9 Å². The molecule has 0 unspecified atom stereocenters. The SMILES string of the molecule is CCNC(=O)c1csc(N)c1. The first-order valence-electron chi connectivity index (χ1n) is 3.36. The van der Waals surface area contributed by atoms with Gasteiger partial charge in [0.2, 0.25) is 0 Å². The van der Waals surface area contributed by atoms with Gasteiger partial charge in [-0.2, -0.15) is 0 Å². The van der Waals surface area contributed by atoms with Crippen molar-refractivity contribution in [2.45, 2.75) is 6.92 Å². The summed E-state index contributed by atoms with van der Waals surface area (Å²) in [5.41, 5.74) is 6.10. The van der Waals surface area contributed by atoms with E-state index < -0.39 is 0 Å². The zero-order chi connectivity index (χ0) is 8.27. The van der Waals surface area contributed by atoms with Crippen molar-refractivity contribution in [3.8, 4) is 0 Å². The molecule has 4 heteroatoms. The van der Waals surface area contributed by atoms with Gasteiger partial charge in [0.05, 0.1) is 10.6 Å². The molecule has 11 heavy (non-hydrogen) atoms. The molecule has 0 saturated carbocycles. The number of carbonyl (C=O) groups is 1. The molecule has 1 rings (SSSR count). The van der Waals surface area contributed by atoms with Crippen molar-refractivity contribution in [2.24, 2.45) is 0 Å². The Kier molecular flexibility index (Phi) is 2.48. The molecule has 0 fully saturated rings. The highest BCUT2D eigenvalue weighted by Crippen LogP contribution is 2.15. The highest BCUT2D eigenvalue weighted by Gasteiger charge is 2.04. The van der Waals surface area contributed by atoms with Crippen LogP contribution in [0, 0.1) is 0 Å². The van der Waals surface area contributed by atoms with Crippen molar-refractivity contribution in [1.29, 1.82) is 0 Å². The summed E-state index contributed by atoms with van der Waals surface area (Å²) in [5.74, 6) is -0.0551. The lowest BCUT2D eigenvalue weighted by Crippen LogP contribution is -2.21. The van der Waals surface area contributed by atoms with E-state index in [1.807, 2.05) is 6.92 Å². The highest BCUT2D eigenvalue weighted by molar-refractivity contribution is 7.14. The minimum absolute atomic E-state index is 0.0551. The van der Waals surface area contributed by atoms with Gasteiger partial charge >= 0.3 is 0 Å². The summed E-state index contributed by atoms with van der Waals surface area (Å²) in [6.07, 6.45) is 0. The number of hydrogen-bond acceptors (Lipinski definition) is 3. The van der Waals surface area contributed by atoms with E-state index in [0.29, 0.717) is 17.1 Å². The number of rotatable bonds is 2. The van der Waals surface area contributed by atoms with Crippen molar-refractivity contribution in [2.75, 3.05) is 12.3 Å². The third-order valence-electron chi connectivity index (χ3n) is 1.22. The summed E-state index contributed by atoms with van der Waals surface area (Å²) in [6, 6.07) is 1.68. The predicted molar refractivity (Wildman–Crippen MR) is 46.7 cm³/mol. The second kappa shape index (κ2) is 3.39. The molecule has 0 saturated heterocycles. The normalized spacial score (nSPS) is 9.55. The van der Waals surface area contributed by atoms with Gasteiger partial charge in [0.15, 0.2) is 0 Å². The molecule has 0 aliphatic heterocycles. The zero-order valence-electron chi connectivity index (χ0n) is 6.26. The first kappa shape index (κ1) is 8.07. The summed E-state index contributed by atoms with van der Waals surface area (Å²) in [4.78, 5) is 11.1. The maximum Gasteiger partial charge on any atom is 0.252 e. The van der Waals surface area contributed by atoms with Crippen LogP contribution in [-0.2, 0) is 0 Å². The van der Waals surface area contributed by atoms with Gasteiger partial charge in [-0.25, -0.2) is 0 Å². The van der Waals surface area contributed by atoms with E-state index in [4.69, 9.17) is 5.73 Å². The maximum absolute atomic E-state index is 11.1. The summed E-state index contributed by atoms with van der Waals surface area (Å²) in [7, 11) is 0.